The van der Waals surface area contributed by atoms with E-state index in [0.717, 1.165) is 25.7 Å². The molecule has 48 heavy (non-hydrogen) atoms. The maximum atomic E-state index is 10.3. The topological polar surface area (TPSA) is 77.4 Å². The fourth-order valence-corrected chi connectivity index (χ4v) is 7.85. The summed E-state index contributed by atoms with van der Waals surface area (Å²) in [5.41, 5.74) is 0. The van der Waals surface area contributed by atoms with Crippen LogP contribution in [-0.2, 0) is 18.1 Å². The van der Waals surface area contributed by atoms with E-state index in [1.54, 1.807) is 0 Å². The van der Waals surface area contributed by atoms with Gasteiger partial charge in [-0.15, -0.1) is 0 Å². The highest BCUT2D eigenvalue weighted by Gasteiger charge is 2.15. The Morgan fingerprint density at radius 3 is 0.667 bits per heavy atom. The summed E-state index contributed by atoms with van der Waals surface area (Å²) < 4.78 is 21.9. The SMILES string of the molecule is C=P(O)(OCCCCCCCCCCCCCCCCCC)OCCOP(=C)(O)OCCCCCCCCCCCCCCCCCC. The van der Waals surface area contributed by atoms with Crippen LogP contribution in [0.4, 0.5) is 0 Å². The third-order valence-corrected chi connectivity index (χ3v) is 11.6. The van der Waals surface area contributed by atoms with Crippen LogP contribution in [0.1, 0.15) is 219 Å². The fourth-order valence-electron chi connectivity index (χ4n) is 6.15. The van der Waals surface area contributed by atoms with Crippen LogP contribution in [0.3, 0.4) is 0 Å². The Kier molecular flexibility index (Phi) is 37.4. The van der Waals surface area contributed by atoms with Gasteiger partial charge in [0.05, 0.1) is 26.4 Å². The summed E-state index contributed by atoms with van der Waals surface area (Å²) in [5.74, 6) is 0. The largest absolute Gasteiger partial charge is 0.333 e. The molecule has 0 aliphatic carbocycles. The van der Waals surface area contributed by atoms with E-state index in [1.165, 1.54) is 180 Å². The maximum absolute atomic E-state index is 10.3. The molecule has 0 aliphatic heterocycles. The lowest BCUT2D eigenvalue weighted by Crippen LogP contribution is -2.06. The van der Waals surface area contributed by atoms with Crippen LogP contribution in [0.5, 0.6) is 0 Å². The van der Waals surface area contributed by atoms with Crippen LogP contribution < -0.4 is 0 Å². The van der Waals surface area contributed by atoms with Gasteiger partial charge in [-0.2, -0.15) is 0 Å². The van der Waals surface area contributed by atoms with Crippen molar-refractivity contribution in [3.8, 4) is 0 Å². The van der Waals surface area contributed by atoms with Crippen molar-refractivity contribution in [1.82, 2.24) is 0 Å². The van der Waals surface area contributed by atoms with Gasteiger partial charge in [-0.1, -0.05) is 206 Å². The van der Waals surface area contributed by atoms with Crippen molar-refractivity contribution in [2.24, 2.45) is 0 Å². The van der Waals surface area contributed by atoms with Gasteiger partial charge in [0.2, 0.25) is 15.1 Å². The van der Waals surface area contributed by atoms with Crippen LogP contribution in [0.15, 0.2) is 0 Å². The van der Waals surface area contributed by atoms with E-state index < -0.39 is 15.1 Å². The summed E-state index contributed by atoms with van der Waals surface area (Å²) in [6.45, 7) is 5.60. The van der Waals surface area contributed by atoms with Crippen LogP contribution in [0.2, 0.25) is 0 Å². The van der Waals surface area contributed by atoms with E-state index in [4.69, 9.17) is 18.1 Å². The van der Waals surface area contributed by atoms with E-state index in [0.29, 0.717) is 13.2 Å². The van der Waals surface area contributed by atoms with Crippen molar-refractivity contribution in [2.75, 3.05) is 26.4 Å². The first kappa shape index (κ1) is 48.4. The molecule has 0 amide bonds. The van der Waals surface area contributed by atoms with Crippen molar-refractivity contribution >= 4 is 27.7 Å². The summed E-state index contributed by atoms with van der Waals surface area (Å²) in [6, 6.07) is 0. The van der Waals surface area contributed by atoms with E-state index in [9.17, 15) is 9.79 Å². The van der Waals surface area contributed by atoms with E-state index in [1.807, 2.05) is 0 Å². The first-order valence-corrected chi connectivity index (χ1v) is 24.4. The number of rotatable bonds is 41. The quantitative estimate of drug-likeness (QED) is 0.0483. The second-order valence-corrected chi connectivity index (χ2v) is 17.8. The highest BCUT2D eigenvalue weighted by molar-refractivity contribution is 7.59. The van der Waals surface area contributed by atoms with E-state index in [2.05, 4.69) is 26.4 Å². The molecule has 0 aromatic carbocycles. The Labute approximate surface area is 300 Å². The third-order valence-electron chi connectivity index (χ3n) is 9.25. The van der Waals surface area contributed by atoms with Gasteiger partial charge < -0.3 is 27.9 Å². The van der Waals surface area contributed by atoms with Gasteiger partial charge in [0.1, 0.15) is 0 Å². The molecule has 0 radical (unpaired) electrons. The summed E-state index contributed by atoms with van der Waals surface area (Å²) in [6.07, 6.45) is 49.7. The molecule has 2 unspecified atom stereocenters. The summed E-state index contributed by atoms with van der Waals surface area (Å²) in [7, 11) is -6.26. The smallest absolute Gasteiger partial charge is 0.248 e. The summed E-state index contributed by atoms with van der Waals surface area (Å²) in [4.78, 5) is 20.7. The number of hydrogen-bond donors (Lipinski definition) is 2. The molecule has 0 rings (SSSR count). The summed E-state index contributed by atoms with van der Waals surface area (Å²) in [5, 5.41) is 0. The second-order valence-electron chi connectivity index (χ2n) is 14.2. The molecule has 0 aromatic rings. The molecule has 0 saturated heterocycles. The molecule has 0 aromatic heterocycles. The third kappa shape index (κ3) is 39.2. The van der Waals surface area contributed by atoms with Crippen LogP contribution in [0.25, 0.3) is 0 Å². The second kappa shape index (κ2) is 37.1. The van der Waals surface area contributed by atoms with E-state index >= 15 is 0 Å². The molecule has 0 heterocycles. The minimum Gasteiger partial charge on any atom is -0.333 e. The number of hydrogen-bond acceptors (Lipinski definition) is 6. The molecule has 0 bridgehead atoms. The van der Waals surface area contributed by atoms with Crippen molar-refractivity contribution in [2.45, 2.75) is 219 Å². The standard InChI is InChI=1S/C40H84O6P2/c1-5-7-9-11-13-15-17-19-21-23-25-27-29-31-33-35-37-43-47(3,41)45-39-40-46-48(4,42)44-38-36-34-32-30-28-26-24-22-20-18-16-14-12-10-8-6-2/h41-42H,3-40H2,1-2H3. The van der Waals surface area contributed by atoms with Gasteiger partial charge in [0.25, 0.3) is 0 Å². The molecule has 2 atom stereocenters. The normalized spacial score (nSPS) is 14.3. The molecular weight excluding hydrogens is 638 g/mol. The van der Waals surface area contributed by atoms with Crippen molar-refractivity contribution < 1.29 is 27.9 Å². The highest BCUT2D eigenvalue weighted by atomic mass is 31.2. The lowest BCUT2D eigenvalue weighted by atomic mass is 10.0. The predicted octanol–water partition coefficient (Wildman–Crippen LogP) is 13.9. The van der Waals surface area contributed by atoms with Crippen molar-refractivity contribution in [3.63, 3.8) is 0 Å². The molecule has 290 valence electrons. The fraction of sp³-hybridized carbons (Fsp3) is 0.950. The van der Waals surface area contributed by atoms with Gasteiger partial charge in [-0.3, -0.25) is 0 Å². The maximum Gasteiger partial charge on any atom is 0.248 e. The van der Waals surface area contributed by atoms with Crippen molar-refractivity contribution in [1.29, 1.82) is 0 Å². The van der Waals surface area contributed by atoms with Crippen LogP contribution in [0, 0.1) is 0 Å². The molecular formula is C40H84O6P2. The first-order valence-electron chi connectivity index (χ1n) is 20.8. The Morgan fingerprint density at radius 2 is 0.458 bits per heavy atom. The number of unbranched alkanes of at least 4 members (excludes halogenated alkanes) is 30. The van der Waals surface area contributed by atoms with Gasteiger partial charge in [-0.25, -0.2) is 0 Å². The molecule has 0 fully saturated rings. The van der Waals surface area contributed by atoms with Gasteiger partial charge in [0, 0.05) is 0 Å². The zero-order valence-electron chi connectivity index (χ0n) is 32.3. The Balaban J connectivity index is 3.47. The predicted molar refractivity (Wildman–Crippen MR) is 215 cm³/mol. The summed E-state index contributed by atoms with van der Waals surface area (Å²) >= 11 is 0. The minimum absolute atomic E-state index is 0.0764. The average molecular weight is 723 g/mol. The Morgan fingerprint density at radius 1 is 0.292 bits per heavy atom. The highest BCUT2D eigenvalue weighted by Crippen LogP contribution is 2.45. The average Bonchev–Trinajstić information content (AvgIpc) is 3.06. The van der Waals surface area contributed by atoms with Crippen LogP contribution in [-0.4, -0.2) is 48.8 Å². The lowest BCUT2D eigenvalue weighted by molar-refractivity contribution is 0.139. The molecule has 0 saturated carbocycles. The van der Waals surface area contributed by atoms with Gasteiger partial charge >= 0.3 is 0 Å². The lowest BCUT2D eigenvalue weighted by Gasteiger charge is -2.21. The molecule has 2 N–H and O–H groups in total. The van der Waals surface area contributed by atoms with Crippen LogP contribution >= 0.6 is 15.1 Å². The zero-order chi connectivity index (χ0) is 35.3. The molecule has 0 aliphatic rings. The minimum atomic E-state index is -3.13. The van der Waals surface area contributed by atoms with Crippen molar-refractivity contribution in [3.05, 3.63) is 0 Å². The Hall–Kier alpha value is 0.360. The van der Waals surface area contributed by atoms with Gasteiger partial charge in [-0.05, 0) is 25.4 Å². The molecule has 8 heteroatoms. The molecule has 6 nitrogen and oxygen atoms in total. The van der Waals surface area contributed by atoms with Gasteiger partial charge in [0.15, 0.2) is 0 Å². The Bertz CT molecular complexity index is 675. The zero-order valence-corrected chi connectivity index (χ0v) is 34.1. The first-order chi connectivity index (χ1) is 23.3. The monoisotopic (exact) mass is 723 g/mol. The molecule has 0 spiro atoms. The van der Waals surface area contributed by atoms with E-state index in [-0.39, 0.29) is 13.2 Å².